The quantitative estimate of drug-likeness (QED) is 0.455. The molecule has 0 aliphatic carbocycles. The van der Waals surface area contributed by atoms with Crippen LogP contribution in [-0.4, -0.2) is 13.1 Å². The van der Waals surface area contributed by atoms with Crippen molar-refractivity contribution in [3.8, 4) is 0 Å². The standard InChI is InChI=1S/C5H11N/c1-5-2-3-6-4-5/h5-6H,2-4H2,1H3/i5D. The van der Waals surface area contributed by atoms with Crippen LogP contribution in [-0.2, 0) is 0 Å². The van der Waals surface area contributed by atoms with Crippen molar-refractivity contribution in [2.45, 2.75) is 13.3 Å². The molecule has 1 unspecified atom stereocenters. The van der Waals surface area contributed by atoms with E-state index in [1.165, 1.54) is 0 Å². The summed E-state index contributed by atoms with van der Waals surface area (Å²) in [4.78, 5) is 0. The lowest BCUT2D eigenvalue weighted by molar-refractivity contribution is 0.651. The van der Waals surface area contributed by atoms with Gasteiger partial charge in [-0.15, -0.1) is 0 Å². The molecule has 1 saturated heterocycles. The lowest BCUT2D eigenvalue weighted by atomic mass is 10.2. The smallest absolute Gasteiger partial charge is 0.0313 e. The monoisotopic (exact) mass is 86.1 g/mol. The van der Waals surface area contributed by atoms with Crippen molar-refractivity contribution >= 4 is 0 Å². The third kappa shape index (κ3) is 0.716. The molecule has 0 radical (unpaired) electrons. The van der Waals surface area contributed by atoms with Gasteiger partial charge in [0.05, 0.1) is 0 Å². The Hall–Kier alpha value is -0.0400. The van der Waals surface area contributed by atoms with E-state index >= 15 is 0 Å². The first-order chi connectivity index (χ1) is 3.21. The minimum atomic E-state index is -0.167. The molecule has 0 spiro atoms. The van der Waals surface area contributed by atoms with Crippen LogP contribution in [0.4, 0.5) is 0 Å². The average Bonchev–Trinajstić information content (AvgIpc) is 1.84. The number of rotatable bonds is 0. The second-order valence-electron chi connectivity index (χ2n) is 1.88. The topological polar surface area (TPSA) is 12.0 Å². The summed E-state index contributed by atoms with van der Waals surface area (Å²) in [5, 5.41) is 3.12. The van der Waals surface area contributed by atoms with Gasteiger partial charge in [-0.05, 0) is 25.4 Å². The zero-order chi connectivity index (χ0) is 5.33. The molecule has 36 valence electrons. The molecule has 1 nitrogen and oxygen atoms in total. The largest absolute Gasteiger partial charge is 0.316 e. The predicted molar refractivity (Wildman–Crippen MR) is 26.7 cm³/mol. The molecule has 0 aromatic carbocycles. The van der Waals surface area contributed by atoms with Crippen molar-refractivity contribution in [2.24, 2.45) is 5.89 Å². The summed E-state index contributed by atoms with van der Waals surface area (Å²) in [5.74, 6) is -0.167. The van der Waals surface area contributed by atoms with Crippen molar-refractivity contribution in [1.29, 1.82) is 0 Å². The Bertz CT molecular complexity index is 62.5. The Balaban J connectivity index is 2.40. The average molecular weight is 86.2 g/mol. The fraction of sp³-hybridized carbons (Fsp3) is 1.00. The second-order valence-corrected chi connectivity index (χ2v) is 1.88. The molecule has 6 heavy (non-hydrogen) atoms. The lowest BCUT2D eigenvalue weighted by Gasteiger charge is -1.90. The fourth-order valence-electron chi connectivity index (χ4n) is 0.692. The van der Waals surface area contributed by atoms with Crippen molar-refractivity contribution in [2.75, 3.05) is 13.1 Å². The van der Waals surface area contributed by atoms with E-state index in [-0.39, 0.29) is 5.89 Å². The van der Waals surface area contributed by atoms with Gasteiger partial charge in [0.1, 0.15) is 0 Å². The van der Waals surface area contributed by atoms with Gasteiger partial charge in [-0.1, -0.05) is 6.92 Å². The summed E-state index contributed by atoms with van der Waals surface area (Å²) in [7, 11) is 0. The molecule has 0 bridgehead atoms. The highest BCUT2D eigenvalue weighted by Crippen LogP contribution is 2.03. The van der Waals surface area contributed by atoms with Gasteiger partial charge in [0.2, 0.25) is 0 Å². The van der Waals surface area contributed by atoms with E-state index in [0.29, 0.717) is 0 Å². The van der Waals surface area contributed by atoms with Gasteiger partial charge < -0.3 is 5.32 Å². The van der Waals surface area contributed by atoms with Crippen LogP contribution in [0.1, 0.15) is 14.7 Å². The summed E-state index contributed by atoms with van der Waals surface area (Å²) in [6.07, 6.45) is 1.01. The van der Waals surface area contributed by atoms with Gasteiger partial charge in [-0.3, -0.25) is 0 Å². The molecule has 1 aliphatic heterocycles. The molecular formula is C5H11N. The maximum Gasteiger partial charge on any atom is 0.0313 e. The van der Waals surface area contributed by atoms with E-state index in [1.807, 2.05) is 6.92 Å². The Morgan fingerprint density at radius 1 is 2.00 bits per heavy atom. The zero-order valence-corrected chi connectivity index (χ0v) is 4.12. The summed E-state index contributed by atoms with van der Waals surface area (Å²) in [6, 6.07) is 0. The lowest BCUT2D eigenvalue weighted by Crippen LogP contribution is -2.06. The summed E-state index contributed by atoms with van der Waals surface area (Å²) in [6.45, 7) is 3.86. The van der Waals surface area contributed by atoms with Crippen LogP contribution in [0.15, 0.2) is 0 Å². The van der Waals surface area contributed by atoms with Gasteiger partial charge in [0.15, 0.2) is 0 Å². The van der Waals surface area contributed by atoms with Gasteiger partial charge in [-0.25, -0.2) is 0 Å². The minimum Gasteiger partial charge on any atom is -0.316 e. The first-order valence-corrected chi connectivity index (χ1v) is 2.41. The molecule has 1 heteroatoms. The SMILES string of the molecule is [2H]C1(C)CCNC1. The molecule has 1 atom stereocenters. The summed E-state index contributed by atoms with van der Waals surface area (Å²) >= 11 is 0. The highest BCUT2D eigenvalue weighted by atomic mass is 14.9. The highest BCUT2D eigenvalue weighted by molar-refractivity contribution is 4.65. The Morgan fingerprint density at radius 2 is 2.83 bits per heavy atom. The van der Waals surface area contributed by atoms with Crippen molar-refractivity contribution < 1.29 is 1.37 Å². The summed E-state index contributed by atoms with van der Waals surface area (Å²) in [5.41, 5.74) is 0. The second kappa shape index (κ2) is 1.61. The van der Waals surface area contributed by atoms with Gasteiger partial charge >= 0.3 is 0 Å². The van der Waals surface area contributed by atoms with Gasteiger partial charge in [0, 0.05) is 1.37 Å². The van der Waals surface area contributed by atoms with Gasteiger partial charge in [-0.2, -0.15) is 0 Å². The molecule has 1 rings (SSSR count). The highest BCUT2D eigenvalue weighted by Gasteiger charge is 2.06. The molecular weight excluding hydrogens is 74.1 g/mol. The van der Waals surface area contributed by atoms with Crippen LogP contribution < -0.4 is 5.32 Å². The van der Waals surface area contributed by atoms with Crippen LogP contribution in [0.2, 0.25) is 0 Å². The van der Waals surface area contributed by atoms with E-state index < -0.39 is 0 Å². The molecule has 1 heterocycles. The van der Waals surface area contributed by atoms with Crippen molar-refractivity contribution in [1.82, 2.24) is 5.32 Å². The number of hydrogen-bond donors (Lipinski definition) is 1. The maximum atomic E-state index is 7.42. The van der Waals surface area contributed by atoms with E-state index in [0.717, 1.165) is 19.5 Å². The third-order valence-electron chi connectivity index (χ3n) is 1.16. The molecule has 0 aromatic heterocycles. The first-order valence-electron chi connectivity index (χ1n) is 2.91. The Labute approximate surface area is 40.1 Å². The molecule has 1 N–H and O–H groups in total. The Morgan fingerprint density at radius 3 is 3.00 bits per heavy atom. The molecule has 0 saturated carbocycles. The van der Waals surface area contributed by atoms with Crippen LogP contribution >= 0.6 is 0 Å². The van der Waals surface area contributed by atoms with E-state index in [2.05, 4.69) is 5.32 Å². The third-order valence-corrected chi connectivity index (χ3v) is 1.16. The summed E-state index contributed by atoms with van der Waals surface area (Å²) < 4.78 is 7.42. The predicted octanol–water partition coefficient (Wildman–Crippen LogP) is 0.616. The zero-order valence-electron chi connectivity index (χ0n) is 5.12. The molecule has 0 amide bonds. The van der Waals surface area contributed by atoms with Crippen LogP contribution in [0.5, 0.6) is 0 Å². The van der Waals surface area contributed by atoms with Crippen LogP contribution in [0.3, 0.4) is 0 Å². The minimum absolute atomic E-state index is 0.167. The normalized spacial score (nSPS) is 49.2. The Kier molecular flexibility index (Phi) is 0.810. The molecule has 1 aliphatic rings. The fourth-order valence-corrected chi connectivity index (χ4v) is 0.692. The maximum absolute atomic E-state index is 7.42. The van der Waals surface area contributed by atoms with Crippen LogP contribution in [0.25, 0.3) is 0 Å². The molecule has 0 aromatic rings. The van der Waals surface area contributed by atoms with Crippen LogP contribution in [0, 0.1) is 5.89 Å². The van der Waals surface area contributed by atoms with E-state index in [9.17, 15) is 0 Å². The van der Waals surface area contributed by atoms with E-state index in [4.69, 9.17) is 1.37 Å². The number of hydrogen-bond acceptors (Lipinski definition) is 1. The first kappa shape index (κ1) is 3.03. The molecule has 1 fully saturated rings. The van der Waals surface area contributed by atoms with Crippen molar-refractivity contribution in [3.63, 3.8) is 0 Å². The van der Waals surface area contributed by atoms with Crippen molar-refractivity contribution in [3.05, 3.63) is 0 Å². The van der Waals surface area contributed by atoms with E-state index in [1.54, 1.807) is 0 Å². The van der Waals surface area contributed by atoms with Gasteiger partial charge in [0.25, 0.3) is 0 Å². The number of nitrogens with one attached hydrogen (secondary N) is 1.